The van der Waals surface area contributed by atoms with Gasteiger partial charge in [-0.05, 0) is 25.3 Å². The second kappa shape index (κ2) is 4.92. The predicted molar refractivity (Wildman–Crippen MR) is 68.5 cm³/mol. The lowest BCUT2D eigenvalue weighted by atomic mass is 10.1. The van der Waals surface area contributed by atoms with Gasteiger partial charge in [0.1, 0.15) is 0 Å². The van der Waals surface area contributed by atoms with Crippen LogP contribution in [0.3, 0.4) is 0 Å². The Bertz CT molecular complexity index is 433. The van der Waals surface area contributed by atoms with Crippen LogP contribution in [0.4, 0.5) is 11.4 Å². The first kappa shape index (κ1) is 12.2. The van der Waals surface area contributed by atoms with Crippen LogP contribution >= 0.6 is 11.6 Å². The maximum atomic E-state index is 10.7. The fourth-order valence-electron chi connectivity index (χ4n) is 1.92. The summed E-state index contributed by atoms with van der Waals surface area (Å²) in [6, 6.07) is 4.76. The Balaban J connectivity index is 2.07. The molecule has 0 radical (unpaired) electrons. The SMILES string of the molecule is CC(CC1CC1)Nc1cc([N+](=O)[O-])ccc1Cl. The van der Waals surface area contributed by atoms with E-state index in [0.717, 1.165) is 12.3 Å². The Hall–Kier alpha value is -1.29. The van der Waals surface area contributed by atoms with Gasteiger partial charge < -0.3 is 5.32 Å². The maximum absolute atomic E-state index is 10.7. The molecular formula is C12H15ClN2O2. The van der Waals surface area contributed by atoms with E-state index in [1.807, 2.05) is 0 Å². The van der Waals surface area contributed by atoms with E-state index >= 15 is 0 Å². The van der Waals surface area contributed by atoms with Crippen LogP contribution < -0.4 is 5.32 Å². The van der Waals surface area contributed by atoms with E-state index < -0.39 is 4.92 Å². The molecule has 1 aliphatic carbocycles. The molecule has 1 fully saturated rings. The second-order valence-corrected chi connectivity index (χ2v) is 5.05. The topological polar surface area (TPSA) is 55.2 Å². The summed E-state index contributed by atoms with van der Waals surface area (Å²) in [5, 5.41) is 14.4. The monoisotopic (exact) mass is 254 g/mol. The number of nitro benzene ring substituents is 1. The minimum absolute atomic E-state index is 0.0653. The fourth-order valence-corrected chi connectivity index (χ4v) is 2.09. The second-order valence-electron chi connectivity index (χ2n) is 4.65. The Labute approximate surface area is 105 Å². The Morgan fingerprint density at radius 2 is 2.29 bits per heavy atom. The van der Waals surface area contributed by atoms with Crippen molar-refractivity contribution in [3.05, 3.63) is 33.3 Å². The third kappa shape index (κ3) is 3.33. The van der Waals surface area contributed by atoms with Gasteiger partial charge in [-0.15, -0.1) is 0 Å². The minimum Gasteiger partial charge on any atom is -0.381 e. The van der Waals surface area contributed by atoms with Crippen molar-refractivity contribution < 1.29 is 4.92 Å². The van der Waals surface area contributed by atoms with E-state index in [0.29, 0.717) is 16.8 Å². The van der Waals surface area contributed by atoms with Crippen molar-refractivity contribution >= 4 is 23.0 Å². The molecule has 0 spiro atoms. The highest BCUT2D eigenvalue weighted by molar-refractivity contribution is 6.33. The van der Waals surface area contributed by atoms with Gasteiger partial charge in [-0.1, -0.05) is 24.4 Å². The Kier molecular flexibility index (Phi) is 3.52. The van der Waals surface area contributed by atoms with Crippen LogP contribution in [0.5, 0.6) is 0 Å². The first-order valence-corrected chi connectivity index (χ1v) is 6.14. The first-order chi connectivity index (χ1) is 8.06. The molecule has 17 heavy (non-hydrogen) atoms. The van der Waals surface area contributed by atoms with E-state index in [4.69, 9.17) is 11.6 Å². The zero-order valence-corrected chi connectivity index (χ0v) is 10.4. The molecule has 0 heterocycles. The summed E-state index contributed by atoms with van der Waals surface area (Å²) in [5.74, 6) is 0.815. The van der Waals surface area contributed by atoms with Gasteiger partial charge in [0.25, 0.3) is 5.69 Å². The molecule has 2 rings (SSSR count). The average molecular weight is 255 g/mol. The molecule has 1 unspecified atom stereocenters. The number of nitro groups is 1. The first-order valence-electron chi connectivity index (χ1n) is 5.76. The van der Waals surface area contributed by atoms with Crippen LogP contribution in [0, 0.1) is 16.0 Å². The average Bonchev–Trinajstić information content (AvgIpc) is 3.04. The third-order valence-electron chi connectivity index (χ3n) is 2.95. The summed E-state index contributed by atoms with van der Waals surface area (Å²) in [7, 11) is 0. The van der Waals surface area contributed by atoms with E-state index in [9.17, 15) is 10.1 Å². The Morgan fingerprint density at radius 1 is 1.59 bits per heavy atom. The summed E-state index contributed by atoms with van der Waals surface area (Å²) in [5.41, 5.74) is 0.713. The minimum atomic E-state index is -0.410. The number of halogens is 1. The van der Waals surface area contributed by atoms with Crippen LogP contribution in [0.2, 0.25) is 5.02 Å². The molecule has 4 nitrogen and oxygen atoms in total. The van der Waals surface area contributed by atoms with Crippen molar-refractivity contribution in [3.8, 4) is 0 Å². The quantitative estimate of drug-likeness (QED) is 0.641. The lowest BCUT2D eigenvalue weighted by Gasteiger charge is -2.15. The highest BCUT2D eigenvalue weighted by Gasteiger charge is 2.23. The number of hydrogen-bond acceptors (Lipinski definition) is 3. The number of anilines is 1. The summed E-state index contributed by atoms with van der Waals surface area (Å²) >= 11 is 6.01. The van der Waals surface area contributed by atoms with Crippen LogP contribution in [-0.4, -0.2) is 11.0 Å². The number of nitrogens with zero attached hydrogens (tertiary/aromatic N) is 1. The van der Waals surface area contributed by atoms with Crippen LogP contribution in [0.1, 0.15) is 26.2 Å². The molecule has 1 atom stereocenters. The summed E-state index contributed by atoms with van der Waals surface area (Å²) in [4.78, 5) is 10.3. The maximum Gasteiger partial charge on any atom is 0.271 e. The molecule has 1 saturated carbocycles. The van der Waals surface area contributed by atoms with Gasteiger partial charge in [0, 0.05) is 18.2 Å². The van der Waals surface area contributed by atoms with Crippen molar-refractivity contribution in [2.45, 2.75) is 32.2 Å². The van der Waals surface area contributed by atoms with Gasteiger partial charge >= 0.3 is 0 Å². The Morgan fingerprint density at radius 3 is 2.88 bits per heavy atom. The third-order valence-corrected chi connectivity index (χ3v) is 3.28. The lowest BCUT2D eigenvalue weighted by molar-refractivity contribution is -0.384. The van der Waals surface area contributed by atoms with Crippen molar-refractivity contribution in [3.63, 3.8) is 0 Å². The highest BCUT2D eigenvalue weighted by atomic mass is 35.5. The fraction of sp³-hybridized carbons (Fsp3) is 0.500. The zero-order valence-electron chi connectivity index (χ0n) is 9.65. The summed E-state index contributed by atoms with van der Waals surface area (Å²) in [6.07, 6.45) is 3.70. The molecule has 0 aliphatic heterocycles. The van der Waals surface area contributed by atoms with Gasteiger partial charge in [-0.3, -0.25) is 10.1 Å². The van der Waals surface area contributed by atoms with Crippen molar-refractivity contribution in [1.29, 1.82) is 0 Å². The summed E-state index contributed by atoms with van der Waals surface area (Å²) in [6.45, 7) is 2.08. The van der Waals surface area contributed by atoms with Crippen molar-refractivity contribution in [2.24, 2.45) is 5.92 Å². The zero-order chi connectivity index (χ0) is 12.4. The van der Waals surface area contributed by atoms with Gasteiger partial charge in [-0.2, -0.15) is 0 Å². The molecule has 0 bridgehead atoms. The van der Waals surface area contributed by atoms with Crippen molar-refractivity contribution in [2.75, 3.05) is 5.32 Å². The van der Waals surface area contributed by atoms with Crippen LogP contribution in [-0.2, 0) is 0 Å². The molecule has 0 amide bonds. The molecule has 1 N–H and O–H groups in total. The molecule has 1 aromatic rings. The van der Waals surface area contributed by atoms with Crippen LogP contribution in [0.25, 0.3) is 0 Å². The number of rotatable bonds is 5. The number of hydrogen-bond donors (Lipinski definition) is 1. The normalized spacial score (nSPS) is 16.6. The molecule has 1 aliphatic rings. The number of non-ortho nitro benzene ring substituents is 1. The van der Waals surface area contributed by atoms with E-state index in [1.165, 1.54) is 25.0 Å². The highest BCUT2D eigenvalue weighted by Crippen LogP contribution is 2.35. The molecule has 1 aromatic carbocycles. The predicted octanol–water partition coefficient (Wildman–Crippen LogP) is 3.85. The van der Waals surface area contributed by atoms with E-state index in [2.05, 4.69) is 12.2 Å². The van der Waals surface area contributed by atoms with E-state index in [1.54, 1.807) is 6.07 Å². The van der Waals surface area contributed by atoms with Gasteiger partial charge in [0.05, 0.1) is 15.6 Å². The number of benzene rings is 1. The van der Waals surface area contributed by atoms with Crippen LogP contribution in [0.15, 0.2) is 18.2 Å². The van der Waals surface area contributed by atoms with E-state index in [-0.39, 0.29) is 5.69 Å². The molecule has 0 aromatic heterocycles. The molecule has 5 heteroatoms. The van der Waals surface area contributed by atoms with Gasteiger partial charge in [0.2, 0.25) is 0 Å². The lowest BCUT2D eigenvalue weighted by Crippen LogP contribution is -2.16. The summed E-state index contributed by atoms with van der Waals surface area (Å²) < 4.78 is 0. The van der Waals surface area contributed by atoms with Gasteiger partial charge in [-0.25, -0.2) is 0 Å². The standard InChI is InChI=1S/C12H15ClN2O2/c1-8(6-9-2-3-9)14-12-7-10(15(16)17)4-5-11(12)13/h4-5,7-9,14H,2-3,6H2,1H3. The molecular weight excluding hydrogens is 240 g/mol. The van der Waals surface area contributed by atoms with Gasteiger partial charge in [0.15, 0.2) is 0 Å². The molecule has 92 valence electrons. The molecule has 0 saturated heterocycles. The largest absolute Gasteiger partial charge is 0.381 e. The smallest absolute Gasteiger partial charge is 0.271 e. The van der Waals surface area contributed by atoms with Crippen molar-refractivity contribution in [1.82, 2.24) is 0 Å². The number of nitrogens with one attached hydrogen (secondary N) is 1.